The SMILES string of the molecule is COc1cccc(N2C[C@]3(C)C[C@@H](N(C)c4ncnc5[nH]ccc45)C[C@]3(C)C2)n1. The Morgan fingerprint density at radius 2 is 1.90 bits per heavy atom. The van der Waals surface area contributed by atoms with Crippen molar-refractivity contribution in [2.75, 3.05) is 37.0 Å². The molecule has 0 spiro atoms. The van der Waals surface area contributed by atoms with Crippen molar-refractivity contribution in [2.45, 2.75) is 32.7 Å². The van der Waals surface area contributed by atoms with Crippen molar-refractivity contribution < 1.29 is 4.74 Å². The molecular weight excluding hydrogens is 364 g/mol. The molecule has 0 amide bonds. The van der Waals surface area contributed by atoms with E-state index >= 15 is 0 Å². The minimum absolute atomic E-state index is 0.223. The van der Waals surface area contributed by atoms with Gasteiger partial charge >= 0.3 is 0 Å². The van der Waals surface area contributed by atoms with Crippen LogP contribution in [0.5, 0.6) is 5.88 Å². The summed E-state index contributed by atoms with van der Waals surface area (Å²) in [5.74, 6) is 2.70. The Morgan fingerprint density at radius 1 is 1.14 bits per heavy atom. The molecule has 2 fully saturated rings. The molecule has 0 unspecified atom stereocenters. The number of aromatic nitrogens is 4. The fourth-order valence-electron chi connectivity index (χ4n) is 5.46. The lowest BCUT2D eigenvalue weighted by molar-refractivity contribution is 0.184. The fraction of sp³-hybridized carbons (Fsp3) is 0.500. The van der Waals surface area contributed by atoms with Gasteiger partial charge in [0.1, 0.15) is 23.6 Å². The highest BCUT2D eigenvalue weighted by molar-refractivity contribution is 5.87. The molecule has 29 heavy (non-hydrogen) atoms. The summed E-state index contributed by atoms with van der Waals surface area (Å²) in [5.41, 5.74) is 1.34. The summed E-state index contributed by atoms with van der Waals surface area (Å²) in [6, 6.07) is 8.53. The van der Waals surface area contributed by atoms with Crippen LogP contribution in [0.4, 0.5) is 11.6 Å². The number of hydrogen-bond donors (Lipinski definition) is 1. The minimum atomic E-state index is 0.223. The van der Waals surface area contributed by atoms with Crippen LogP contribution in [0.1, 0.15) is 26.7 Å². The molecule has 7 nitrogen and oxygen atoms in total. The molecule has 2 aliphatic rings. The van der Waals surface area contributed by atoms with E-state index in [4.69, 9.17) is 4.74 Å². The molecule has 1 saturated carbocycles. The van der Waals surface area contributed by atoms with E-state index in [0.717, 1.165) is 48.6 Å². The molecule has 0 aromatic carbocycles. The fourth-order valence-corrected chi connectivity index (χ4v) is 5.46. The number of nitrogens with zero attached hydrogens (tertiary/aromatic N) is 5. The van der Waals surface area contributed by atoms with E-state index in [-0.39, 0.29) is 10.8 Å². The summed E-state index contributed by atoms with van der Waals surface area (Å²) in [6.07, 6.45) is 5.86. The van der Waals surface area contributed by atoms with Gasteiger partial charge in [-0.3, -0.25) is 0 Å². The Hall–Kier alpha value is -2.83. The van der Waals surface area contributed by atoms with E-state index in [1.807, 2.05) is 18.3 Å². The molecule has 1 aliphatic heterocycles. The number of hydrogen-bond acceptors (Lipinski definition) is 6. The first kappa shape index (κ1) is 18.2. The molecule has 0 radical (unpaired) electrons. The maximum atomic E-state index is 5.33. The van der Waals surface area contributed by atoms with Gasteiger partial charge in [0.15, 0.2) is 0 Å². The van der Waals surface area contributed by atoms with E-state index in [2.05, 4.69) is 62.8 Å². The van der Waals surface area contributed by atoms with Crippen molar-refractivity contribution in [3.8, 4) is 5.88 Å². The van der Waals surface area contributed by atoms with Gasteiger partial charge in [-0.25, -0.2) is 9.97 Å². The smallest absolute Gasteiger partial charge is 0.214 e. The van der Waals surface area contributed by atoms with Crippen LogP contribution in [-0.2, 0) is 0 Å². The topological polar surface area (TPSA) is 70.2 Å². The van der Waals surface area contributed by atoms with Crippen LogP contribution in [0, 0.1) is 10.8 Å². The first-order valence-corrected chi connectivity index (χ1v) is 10.2. The summed E-state index contributed by atoms with van der Waals surface area (Å²) >= 11 is 0. The van der Waals surface area contributed by atoms with Crippen LogP contribution >= 0.6 is 0 Å². The van der Waals surface area contributed by atoms with Gasteiger partial charge in [-0.1, -0.05) is 19.9 Å². The first-order chi connectivity index (χ1) is 13.9. The summed E-state index contributed by atoms with van der Waals surface area (Å²) in [5, 5.41) is 1.09. The van der Waals surface area contributed by atoms with Gasteiger partial charge in [0.25, 0.3) is 0 Å². The van der Waals surface area contributed by atoms with Crippen LogP contribution in [0.3, 0.4) is 0 Å². The molecule has 0 bridgehead atoms. The van der Waals surface area contributed by atoms with E-state index in [9.17, 15) is 0 Å². The predicted molar refractivity (Wildman–Crippen MR) is 115 cm³/mol. The standard InChI is InChI=1S/C22H28N6O/c1-21-10-15(27(3)20-16-8-9-23-19(16)24-14-25-20)11-22(21,2)13-28(12-21)17-6-5-7-18(26-17)29-4/h5-9,14-15H,10-13H2,1-4H3,(H,23,24,25)/t15-,21+,22-. The molecule has 1 N–H and O–H groups in total. The lowest BCUT2D eigenvalue weighted by Gasteiger charge is -2.31. The number of fused-ring (bicyclic) bond motifs is 2. The largest absolute Gasteiger partial charge is 0.481 e. The second kappa shape index (κ2) is 6.34. The van der Waals surface area contributed by atoms with Gasteiger partial charge in [0, 0.05) is 38.4 Å². The number of ether oxygens (including phenoxy) is 1. The monoisotopic (exact) mass is 392 g/mol. The quantitative estimate of drug-likeness (QED) is 0.733. The maximum absolute atomic E-state index is 5.33. The van der Waals surface area contributed by atoms with E-state index in [1.165, 1.54) is 0 Å². The summed E-state index contributed by atoms with van der Waals surface area (Å²) in [7, 11) is 3.84. The predicted octanol–water partition coefficient (Wildman–Crippen LogP) is 3.49. The van der Waals surface area contributed by atoms with Crippen molar-refractivity contribution in [3.05, 3.63) is 36.8 Å². The summed E-state index contributed by atoms with van der Waals surface area (Å²) < 4.78 is 5.33. The number of nitrogens with one attached hydrogen (secondary N) is 1. The third-order valence-corrected chi connectivity index (χ3v) is 7.37. The van der Waals surface area contributed by atoms with Crippen LogP contribution in [-0.4, -0.2) is 53.2 Å². The van der Waals surface area contributed by atoms with E-state index in [1.54, 1.807) is 13.4 Å². The molecule has 5 rings (SSSR count). The maximum Gasteiger partial charge on any atom is 0.214 e. The van der Waals surface area contributed by atoms with Gasteiger partial charge in [-0.05, 0) is 35.8 Å². The van der Waals surface area contributed by atoms with Crippen molar-refractivity contribution in [1.29, 1.82) is 0 Å². The number of H-pyrrole nitrogens is 1. The Balaban J connectivity index is 1.39. The second-order valence-electron chi connectivity index (χ2n) is 9.13. The third-order valence-electron chi connectivity index (χ3n) is 7.37. The van der Waals surface area contributed by atoms with Crippen molar-refractivity contribution >= 4 is 22.7 Å². The molecule has 3 aromatic heterocycles. The zero-order chi connectivity index (χ0) is 20.2. The normalized spacial score (nSPS) is 28.7. The van der Waals surface area contributed by atoms with Gasteiger partial charge in [-0.15, -0.1) is 0 Å². The highest BCUT2D eigenvalue weighted by atomic mass is 16.5. The Kier molecular flexibility index (Phi) is 3.98. The molecule has 3 aromatic rings. The molecule has 7 heteroatoms. The highest BCUT2D eigenvalue weighted by Crippen LogP contribution is 2.59. The third kappa shape index (κ3) is 2.74. The molecule has 3 atom stereocenters. The van der Waals surface area contributed by atoms with Gasteiger partial charge in [0.05, 0.1) is 12.5 Å². The first-order valence-electron chi connectivity index (χ1n) is 10.2. The number of anilines is 2. The average molecular weight is 393 g/mol. The second-order valence-corrected chi connectivity index (χ2v) is 9.13. The summed E-state index contributed by atoms with van der Waals surface area (Å²) in [6.45, 7) is 6.90. The van der Waals surface area contributed by atoms with Crippen LogP contribution in [0.2, 0.25) is 0 Å². The molecule has 1 aliphatic carbocycles. The minimum Gasteiger partial charge on any atom is -0.481 e. The van der Waals surface area contributed by atoms with Crippen molar-refractivity contribution in [3.63, 3.8) is 0 Å². The zero-order valence-corrected chi connectivity index (χ0v) is 17.5. The molecule has 4 heterocycles. The number of rotatable bonds is 4. The Morgan fingerprint density at radius 3 is 2.62 bits per heavy atom. The Bertz CT molecular complexity index is 1030. The van der Waals surface area contributed by atoms with Crippen LogP contribution in [0.25, 0.3) is 11.0 Å². The van der Waals surface area contributed by atoms with Gasteiger partial charge in [-0.2, -0.15) is 4.98 Å². The molecule has 152 valence electrons. The average Bonchev–Trinajstić information content (AvgIpc) is 3.36. The lowest BCUT2D eigenvalue weighted by Crippen LogP contribution is -2.34. The zero-order valence-electron chi connectivity index (χ0n) is 17.5. The number of pyridine rings is 1. The van der Waals surface area contributed by atoms with Crippen LogP contribution in [0.15, 0.2) is 36.8 Å². The van der Waals surface area contributed by atoms with E-state index in [0.29, 0.717) is 11.9 Å². The van der Waals surface area contributed by atoms with Gasteiger partial charge < -0.3 is 19.5 Å². The number of aromatic amines is 1. The number of methoxy groups -OCH3 is 1. The lowest BCUT2D eigenvalue weighted by atomic mass is 9.71. The van der Waals surface area contributed by atoms with Crippen molar-refractivity contribution in [2.24, 2.45) is 10.8 Å². The van der Waals surface area contributed by atoms with E-state index < -0.39 is 0 Å². The molecule has 1 saturated heterocycles. The van der Waals surface area contributed by atoms with Crippen LogP contribution < -0.4 is 14.5 Å². The molecular formula is C22H28N6O. The van der Waals surface area contributed by atoms with Crippen molar-refractivity contribution in [1.82, 2.24) is 19.9 Å². The summed E-state index contributed by atoms with van der Waals surface area (Å²) in [4.78, 5) is 21.6. The Labute approximate surface area is 171 Å². The highest BCUT2D eigenvalue weighted by Gasteiger charge is 2.58. The van der Waals surface area contributed by atoms with Gasteiger partial charge in [0.2, 0.25) is 5.88 Å².